The van der Waals surface area contributed by atoms with Gasteiger partial charge in [0.2, 0.25) is 0 Å². The Kier molecular flexibility index (Phi) is 5.08. The Labute approximate surface area is 145 Å². The standard InChI is InChI=1S/C18H16N2O2S2/c21-24(22,12-9-16-5-2-1-3-6-16)20(14-17-8-11-23-15-17)18-7-4-10-19-13-18/h1-13,15H,14H2/b12-9+. The van der Waals surface area contributed by atoms with Crippen LogP contribution in [0, 0.1) is 0 Å². The van der Waals surface area contributed by atoms with E-state index >= 15 is 0 Å². The van der Waals surface area contributed by atoms with E-state index in [0.29, 0.717) is 5.69 Å². The van der Waals surface area contributed by atoms with Gasteiger partial charge < -0.3 is 0 Å². The molecule has 0 unspecified atom stereocenters. The van der Waals surface area contributed by atoms with Gasteiger partial charge in [-0.2, -0.15) is 11.3 Å². The molecule has 4 nitrogen and oxygen atoms in total. The zero-order chi connectivity index (χ0) is 16.8. The van der Waals surface area contributed by atoms with Crippen LogP contribution in [0.2, 0.25) is 0 Å². The molecule has 0 saturated carbocycles. The van der Waals surface area contributed by atoms with E-state index in [9.17, 15) is 8.42 Å². The zero-order valence-corrected chi connectivity index (χ0v) is 14.5. The number of sulfonamides is 1. The fourth-order valence-corrected chi connectivity index (χ4v) is 4.05. The largest absolute Gasteiger partial charge is 0.263 e. The molecule has 6 heteroatoms. The number of anilines is 1. The van der Waals surface area contributed by atoms with Crippen molar-refractivity contribution in [3.05, 3.63) is 88.2 Å². The van der Waals surface area contributed by atoms with Crippen LogP contribution >= 0.6 is 11.3 Å². The number of hydrogen-bond acceptors (Lipinski definition) is 4. The molecule has 0 saturated heterocycles. The van der Waals surface area contributed by atoms with Crippen LogP contribution in [0.25, 0.3) is 6.08 Å². The predicted octanol–water partition coefficient (Wildman–Crippen LogP) is 4.15. The lowest BCUT2D eigenvalue weighted by atomic mass is 10.2. The third-order valence-corrected chi connectivity index (χ3v) is 5.55. The van der Waals surface area contributed by atoms with Gasteiger partial charge in [-0.3, -0.25) is 9.29 Å². The minimum Gasteiger partial charge on any atom is -0.263 e. The van der Waals surface area contributed by atoms with E-state index in [4.69, 9.17) is 0 Å². The van der Waals surface area contributed by atoms with E-state index < -0.39 is 10.0 Å². The van der Waals surface area contributed by atoms with Crippen molar-refractivity contribution >= 4 is 33.1 Å². The van der Waals surface area contributed by atoms with Crippen LogP contribution < -0.4 is 4.31 Å². The summed E-state index contributed by atoms with van der Waals surface area (Å²) in [5.74, 6) is 0. The molecule has 0 bridgehead atoms. The summed E-state index contributed by atoms with van der Waals surface area (Å²) in [7, 11) is -3.63. The number of aromatic nitrogens is 1. The van der Waals surface area contributed by atoms with Gasteiger partial charge in [-0.1, -0.05) is 30.3 Å². The monoisotopic (exact) mass is 356 g/mol. The first-order valence-electron chi connectivity index (χ1n) is 7.32. The third kappa shape index (κ3) is 4.10. The summed E-state index contributed by atoms with van der Waals surface area (Å²) in [5.41, 5.74) is 2.32. The molecular weight excluding hydrogens is 340 g/mol. The van der Waals surface area contributed by atoms with E-state index in [-0.39, 0.29) is 6.54 Å². The summed E-state index contributed by atoms with van der Waals surface area (Å²) in [6, 6.07) is 14.8. The van der Waals surface area contributed by atoms with Crippen LogP contribution in [-0.4, -0.2) is 13.4 Å². The Balaban J connectivity index is 1.93. The van der Waals surface area contributed by atoms with Gasteiger partial charge in [-0.05, 0) is 46.2 Å². The van der Waals surface area contributed by atoms with E-state index in [1.54, 1.807) is 41.9 Å². The molecule has 0 aliphatic rings. The van der Waals surface area contributed by atoms with Crippen molar-refractivity contribution < 1.29 is 8.42 Å². The smallest absolute Gasteiger partial charge is 0.257 e. The fourth-order valence-electron chi connectivity index (χ4n) is 2.18. The number of benzene rings is 1. The molecule has 3 rings (SSSR count). The van der Waals surface area contributed by atoms with Crippen molar-refractivity contribution in [2.24, 2.45) is 0 Å². The molecule has 3 aromatic rings. The van der Waals surface area contributed by atoms with E-state index in [1.165, 1.54) is 9.71 Å². The van der Waals surface area contributed by atoms with Crippen molar-refractivity contribution in [3.63, 3.8) is 0 Å². The molecule has 122 valence electrons. The molecule has 0 aliphatic carbocycles. The summed E-state index contributed by atoms with van der Waals surface area (Å²) in [6.45, 7) is 0.274. The van der Waals surface area contributed by atoms with Crippen LogP contribution in [0.15, 0.2) is 77.1 Å². The molecule has 0 fully saturated rings. The predicted molar refractivity (Wildman–Crippen MR) is 99.1 cm³/mol. The van der Waals surface area contributed by atoms with Gasteiger partial charge in [-0.15, -0.1) is 0 Å². The Bertz CT molecular complexity index is 891. The minimum atomic E-state index is -3.63. The number of nitrogens with zero attached hydrogens (tertiary/aromatic N) is 2. The maximum atomic E-state index is 12.8. The lowest BCUT2D eigenvalue weighted by molar-refractivity contribution is 0.599. The molecule has 0 atom stereocenters. The molecule has 0 amide bonds. The van der Waals surface area contributed by atoms with Crippen molar-refractivity contribution in [1.82, 2.24) is 4.98 Å². The Morgan fingerprint density at radius 1 is 1.08 bits per heavy atom. The first-order chi connectivity index (χ1) is 11.6. The number of thiophene rings is 1. The molecule has 0 radical (unpaired) electrons. The molecule has 0 aliphatic heterocycles. The summed E-state index contributed by atoms with van der Waals surface area (Å²) in [5, 5.41) is 5.12. The van der Waals surface area contributed by atoms with Gasteiger partial charge in [0.25, 0.3) is 10.0 Å². The molecule has 2 heterocycles. The SMILES string of the molecule is O=S(=O)(/C=C/c1ccccc1)N(Cc1ccsc1)c1cccnc1. The Morgan fingerprint density at radius 3 is 2.58 bits per heavy atom. The second-order valence-electron chi connectivity index (χ2n) is 5.11. The quantitative estimate of drug-likeness (QED) is 0.667. The van der Waals surface area contributed by atoms with E-state index in [1.807, 2.05) is 47.2 Å². The van der Waals surface area contributed by atoms with Gasteiger partial charge in [0.15, 0.2) is 0 Å². The highest BCUT2D eigenvalue weighted by Crippen LogP contribution is 2.22. The van der Waals surface area contributed by atoms with Crippen LogP contribution in [0.5, 0.6) is 0 Å². The van der Waals surface area contributed by atoms with Gasteiger partial charge in [-0.25, -0.2) is 8.42 Å². The highest BCUT2D eigenvalue weighted by atomic mass is 32.2. The van der Waals surface area contributed by atoms with Gasteiger partial charge >= 0.3 is 0 Å². The zero-order valence-electron chi connectivity index (χ0n) is 12.8. The van der Waals surface area contributed by atoms with Gasteiger partial charge in [0.1, 0.15) is 0 Å². The Morgan fingerprint density at radius 2 is 1.92 bits per heavy atom. The second kappa shape index (κ2) is 7.42. The van der Waals surface area contributed by atoms with Crippen molar-refractivity contribution in [1.29, 1.82) is 0 Å². The van der Waals surface area contributed by atoms with Gasteiger partial charge in [0.05, 0.1) is 23.8 Å². The van der Waals surface area contributed by atoms with Crippen LogP contribution in [0.3, 0.4) is 0 Å². The first-order valence-corrected chi connectivity index (χ1v) is 9.77. The summed E-state index contributed by atoms with van der Waals surface area (Å²) < 4.78 is 27.1. The summed E-state index contributed by atoms with van der Waals surface area (Å²) in [4.78, 5) is 4.04. The molecule has 2 aromatic heterocycles. The highest BCUT2D eigenvalue weighted by molar-refractivity contribution is 7.95. The fraction of sp³-hybridized carbons (Fsp3) is 0.0556. The van der Waals surface area contributed by atoms with E-state index in [0.717, 1.165) is 11.1 Å². The maximum Gasteiger partial charge on any atom is 0.257 e. The maximum absolute atomic E-state index is 12.8. The average Bonchev–Trinajstić information content (AvgIpc) is 3.13. The topological polar surface area (TPSA) is 50.3 Å². The molecule has 0 spiro atoms. The number of pyridine rings is 1. The number of rotatable bonds is 6. The second-order valence-corrected chi connectivity index (χ2v) is 7.63. The third-order valence-electron chi connectivity index (χ3n) is 3.38. The van der Waals surface area contributed by atoms with Crippen molar-refractivity contribution in [2.75, 3.05) is 4.31 Å². The number of hydrogen-bond donors (Lipinski definition) is 0. The Hall–Kier alpha value is -2.44. The van der Waals surface area contributed by atoms with E-state index in [2.05, 4.69) is 4.98 Å². The first kappa shape index (κ1) is 16.4. The summed E-state index contributed by atoms with van der Waals surface area (Å²) in [6.07, 6.45) is 4.78. The van der Waals surface area contributed by atoms with Gasteiger partial charge in [0, 0.05) is 6.20 Å². The molecule has 0 N–H and O–H groups in total. The lowest BCUT2D eigenvalue weighted by Gasteiger charge is -2.21. The molecular formula is C18H16N2O2S2. The van der Waals surface area contributed by atoms with Crippen LogP contribution in [0.4, 0.5) is 5.69 Å². The highest BCUT2D eigenvalue weighted by Gasteiger charge is 2.20. The van der Waals surface area contributed by atoms with Crippen LogP contribution in [-0.2, 0) is 16.6 Å². The normalized spacial score (nSPS) is 11.7. The minimum absolute atomic E-state index is 0.274. The average molecular weight is 356 g/mol. The summed E-state index contributed by atoms with van der Waals surface area (Å²) >= 11 is 1.54. The van der Waals surface area contributed by atoms with Crippen LogP contribution in [0.1, 0.15) is 11.1 Å². The molecule has 24 heavy (non-hydrogen) atoms. The van der Waals surface area contributed by atoms with Crippen molar-refractivity contribution in [2.45, 2.75) is 6.54 Å². The lowest BCUT2D eigenvalue weighted by Crippen LogP contribution is -2.28. The molecule has 1 aromatic carbocycles. The van der Waals surface area contributed by atoms with Crippen molar-refractivity contribution in [3.8, 4) is 0 Å².